The molecule has 0 saturated carbocycles. The second kappa shape index (κ2) is 5.43. The van der Waals surface area contributed by atoms with Gasteiger partial charge in [-0.15, -0.1) is 12.4 Å². The molecule has 1 N–H and O–H groups in total. The molecule has 0 spiro atoms. The van der Waals surface area contributed by atoms with E-state index in [4.69, 9.17) is 27.9 Å². The second-order valence-corrected chi connectivity index (χ2v) is 3.04. The van der Waals surface area contributed by atoms with Gasteiger partial charge in [0.2, 0.25) is 0 Å². The van der Waals surface area contributed by atoms with Crippen molar-refractivity contribution in [1.82, 2.24) is 0 Å². The van der Waals surface area contributed by atoms with Crippen LogP contribution in [0.15, 0.2) is 12.1 Å². The molecule has 0 unspecified atom stereocenters. The summed E-state index contributed by atoms with van der Waals surface area (Å²) in [5.41, 5.74) is 0.866. The fraction of sp³-hybridized carbons (Fsp3) is 0.250. The van der Waals surface area contributed by atoms with Crippen molar-refractivity contribution >= 4 is 41.3 Å². The highest BCUT2D eigenvalue weighted by Crippen LogP contribution is 2.35. The first kappa shape index (κ1) is 12.7. The number of rotatable bonds is 2. The second-order valence-electron chi connectivity index (χ2n) is 2.22. The Kier molecular flexibility index (Phi) is 5.30. The van der Waals surface area contributed by atoms with E-state index >= 15 is 0 Å². The molecule has 0 aliphatic carbocycles. The van der Waals surface area contributed by atoms with Crippen LogP contribution in [0.4, 0.5) is 5.69 Å². The Labute approximate surface area is 93.6 Å². The van der Waals surface area contributed by atoms with Crippen molar-refractivity contribution in [1.29, 1.82) is 0 Å². The van der Waals surface area contributed by atoms with E-state index in [0.717, 1.165) is 5.69 Å². The lowest BCUT2D eigenvalue weighted by molar-refractivity contribution is 0.415. The molecule has 2 nitrogen and oxygen atoms in total. The molecule has 0 atom stereocenters. The largest absolute Gasteiger partial charge is 0.494 e. The molecule has 0 aromatic heterocycles. The van der Waals surface area contributed by atoms with Gasteiger partial charge < -0.3 is 10.1 Å². The Morgan fingerprint density at radius 3 is 2.00 bits per heavy atom. The van der Waals surface area contributed by atoms with Crippen LogP contribution in [0.3, 0.4) is 0 Å². The van der Waals surface area contributed by atoms with E-state index < -0.39 is 0 Å². The molecule has 0 aliphatic heterocycles. The molecule has 0 bridgehead atoms. The van der Waals surface area contributed by atoms with E-state index in [1.807, 2.05) is 0 Å². The first-order valence-corrected chi connectivity index (χ1v) is 4.15. The molecule has 0 amide bonds. The highest BCUT2D eigenvalue weighted by atomic mass is 35.5. The zero-order chi connectivity index (χ0) is 9.14. The van der Waals surface area contributed by atoms with Crippen LogP contribution in [0.25, 0.3) is 0 Å². The number of ether oxygens (including phenoxy) is 1. The molecule has 1 rings (SSSR count). The molecule has 0 radical (unpaired) electrons. The lowest BCUT2D eigenvalue weighted by Crippen LogP contribution is -1.90. The van der Waals surface area contributed by atoms with E-state index in [0.29, 0.717) is 15.8 Å². The number of benzene rings is 1. The van der Waals surface area contributed by atoms with Gasteiger partial charge >= 0.3 is 0 Å². The van der Waals surface area contributed by atoms with Crippen molar-refractivity contribution in [3.8, 4) is 5.75 Å². The van der Waals surface area contributed by atoms with Crippen LogP contribution in [0.1, 0.15) is 0 Å². The maximum atomic E-state index is 5.86. The lowest BCUT2D eigenvalue weighted by Gasteiger charge is -2.07. The summed E-state index contributed by atoms with van der Waals surface area (Å²) in [5, 5.41) is 3.95. The number of methoxy groups -OCH3 is 1. The topological polar surface area (TPSA) is 21.3 Å². The van der Waals surface area contributed by atoms with Crippen molar-refractivity contribution in [3.05, 3.63) is 22.2 Å². The van der Waals surface area contributed by atoms with Crippen molar-refractivity contribution in [2.45, 2.75) is 0 Å². The van der Waals surface area contributed by atoms with Crippen molar-refractivity contribution in [2.24, 2.45) is 0 Å². The maximum absolute atomic E-state index is 5.86. The van der Waals surface area contributed by atoms with Crippen molar-refractivity contribution < 1.29 is 4.74 Å². The van der Waals surface area contributed by atoms with E-state index in [2.05, 4.69) is 5.32 Å². The van der Waals surface area contributed by atoms with E-state index in [1.165, 1.54) is 7.11 Å². The van der Waals surface area contributed by atoms with Gasteiger partial charge in [-0.1, -0.05) is 23.2 Å². The normalized spacial score (nSPS) is 8.92. The molecular weight excluding hydrogens is 232 g/mol. The van der Waals surface area contributed by atoms with Gasteiger partial charge in [0, 0.05) is 12.7 Å². The number of nitrogens with one attached hydrogen (secondary N) is 1. The third-order valence-corrected chi connectivity index (χ3v) is 2.05. The van der Waals surface area contributed by atoms with Crippen LogP contribution in [0.2, 0.25) is 10.0 Å². The Morgan fingerprint density at radius 2 is 1.69 bits per heavy atom. The van der Waals surface area contributed by atoms with Crippen LogP contribution in [0.5, 0.6) is 5.75 Å². The van der Waals surface area contributed by atoms with Crippen LogP contribution in [0, 0.1) is 0 Å². The van der Waals surface area contributed by atoms with E-state index in [-0.39, 0.29) is 12.4 Å². The molecule has 0 saturated heterocycles. The van der Waals surface area contributed by atoms with Crippen LogP contribution < -0.4 is 10.1 Å². The summed E-state index contributed by atoms with van der Waals surface area (Å²) >= 11 is 11.7. The Balaban J connectivity index is 0.00000144. The fourth-order valence-electron chi connectivity index (χ4n) is 0.899. The molecule has 1 aromatic rings. The van der Waals surface area contributed by atoms with Crippen LogP contribution in [-0.4, -0.2) is 14.2 Å². The summed E-state index contributed by atoms with van der Waals surface area (Å²) in [4.78, 5) is 0. The monoisotopic (exact) mass is 241 g/mol. The van der Waals surface area contributed by atoms with Crippen LogP contribution >= 0.6 is 35.6 Å². The number of anilines is 1. The maximum Gasteiger partial charge on any atom is 0.156 e. The molecule has 1 aromatic carbocycles. The van der Waals surface area contributed by atoms with Gasteiger partial charge in [0.05, 0.1) is 17.2 Å². The first-order chi connectivity index (χ1) is 5.69. The predicted molar refractivity (Wildman–Crippen MR) is 59.8 cm³/mol. The Hall–Kier alpha value is -0.310. The Morgan fingerprint density at radius 1 is 1.23 bits per heavy atom. The fourth-order valence-corrected chi connectivity index (χ4v) is 1.54. The molecular formula is C8H10Cl3NO. The minimum atomic E-state index is 0. The molecule has 0 heterocycles. The summed E-state index contributed by atoms with van der Waals surface area (Å²) in [5.74, 6) is 0.511. The lowest BCUT2D eigenvalue weighted by atomic mass is 10.3. The van der Waals surface area contributed by atoms with Gasteiger partial charge in [0.25, 0.3) is 0 Å². The summed E-state index contributed by atoms with van der Waals surface area (Å²) in [6, 6.07) is 3.51. The molecule has 0 aliphatic rings. The zero-order valence-corrected chi connectivity index (χ0v) is 9.56. The standard InChI is InChI=1S/C8H9Cl2NO.ClH/c1-11-5-3-6(9)8(12-2)7(10)4-5;/h3-4,11H,1-2H3;1H. The smallest absolute Gasteiger partial charge is 0.156 e. The van der Waals surface area contributed by atoms with Gasteiger partial charge in [-0.3, -0.25) is 0 Å². The van der Waals surface area contributed by atoms with E-state index in [1.54, 1.807) is 19.2 Å². The SMILES string of the molecule is CNc1cc(Cl)c(OC)c(Cl)c1.Cl. The van der Waals surface area contributed by atoms with Gasteiger partial charge in [-0.25, -0.2) is 0 Å². The molecule has 13 heavy (non-hydrogen) atoms. The number of halogens is 3. The molecule has 74 valence electrons. The summed E-state index contributed by atoms with van der Waals surface area (Å²) in [6.07, 6.45) is 0. The summed E-state index contributed by atoms with van der Waals surface area (Å²) < 4.78 is 4.98. The average Bonchev–Trinajstić information content (AvgIpc) is 2.03. The Bertz CT molecular complexity index is 268. The van der Waals surface area contributed by atoms with Crippen molar-refractivity contribution in [3.63, 3.8) is 0 Å². The van der Waals surface area contributed by atoms with Gasteiger partial charge in [-0.2, -0.15) is 0 Å². The summed E-state index contributed by atoms with van der Waals surface area (Å²) in [7, 11) is 3.33. The van der Waals surface area contributed by atoms with Crippen molar-refractivity contribution in [2.75, 3.05) is 19.5 Å². The minimum absolute atomic E-state index is 0. The van der Waals surface area contributed by atoms with Gasteiger partial charge in [0.1, 0.15) is 0 Å². The average molecular weight is 243 g/mol. The van der Waals surface area contributed by atoms with Gasteiger partial charge in [-0.05, 0) is 12.1 Å². The third-order valence-electron chi connectivity index (χ3n) is 1.49. The van der Waals surface area contributed by atoms with Gasteiger partial charge in [0.15, 0.2) is 5.75 Å². The number of hydrogen-bond donors (Lipinski definition) is 1. The van der Waals surface area contributed by atoms with E-state index in [9.17, 15) is 0 Å². The molecule has 0 fully saturated rings. The quantitative estimate of drug-likeness (QED) is 0.857. The third kappa shape index (κ3) is 2.83. The minimum Gasteiger partial charge on any atom is -0.494 e. The highest BCUT2D eigenvalue weighted by Gasteiger charge is 2.06. The van der Waals surface area contributed by atoms with Crippen LogP contribution in [-0.2, 0) is 0 Å². The predicted octanol–water partition coefficient (Wildman–Crippen LogP) is 3.47. The first-order valence-electron chi connectivity index (χ1n) is 3.40. The highest BCUT2D eigenvalue weighted by molar-refractivity contribution is 6.37. The zero-order valence-electron chi connectivity index (χ0n) is 7.23. The molecule has 5 heteroatoms. The number of hydrogen-bond acceptors (Lipinski definition) is 2. The summed E-state index contributed by atoms with van der Waals surface area (Å²) in [6.45, 7) is 0.